The van der Waals surface area contributed by atoms with E-state index >= 15 is 0 Å². The maximum Gasteiger partial charge on any atom is 0.344 e. The molecule has 9 heteroatoms. The molecule has 0 spiro atoms. The molecular formula is C27H35ClN2O5S. The molecule has 2 aromatic carbocycles. The fraction of sp³-hybridized carbons (Fsp3) is 0.444. The highest BCUT2D eigenvalue weighted by molar-refractivity contribution is 7.89. The summed E-state index contributed by atoms with van der Waals surface area (Å²) in [6.07, 6.45) is 0.724. The zero-order chi connectivity index (χ0) is 27.1. The molecule has 196 valence electrons. The number of benzene rings is 2. The fourth-order valence-electron chi connectivity index (χ4n) is 3.17. The first-order chi connectivity index (χ1) is 16.7. The molecule has 0 aliphatic carbocycles. The van der Waals surface area contributed by atoms with Crippen molar-refractivity contribution in [2.24, 2.45) is 0 Å². The number of rotatable bonds is 9. The average molecular weight is 535 g/mol. The molecule has 0 amide bonds. The minimum absolute atomic E-state index is 0.178. The highest BCUT2D eigenvalue weighted by Gasteiger charge is 2.21. The van der Waals surface area contributed by atoms with Gasteiger partial charge in [-0.05, 0) is 90.7 Å². The van der Waals surface area contributed by atoms with E-state index in [4.69, 9.17) is 21.1 Å². The molecule has 0 unspecified atom stereocenters. The Balaban J connectivity index is 2.28. The summed E-state index contributed by atoms with van der Waals surface area (Å²) in [5.41, 5.74) is 1.25. The van der Waals surface area contributed by atoms with Crippen molar-refractivity contribution in [3.8, 4) is 17.6 Å². The van der Waals surface area contributed by atoms with E-state index in [1.54, 1.807) is 64.2 Å². The normalized spacial score (nSPS) is 11.8. The smallest absolute Gasteiger partial charge is 0.344 e. The van der Waals surface area contributed by atoms with Crippen molar-refractivity contribution in [1.82, 2.24) is 9.21 Å². The number of halogens is 1. The van der Waals surface area contributed by atoms with E-state index in [0.717, 1.165) is 18.5 Å². The van der Waals surface area contributed by atoms with Gasteiger partial charge in [0.25, 0.3) is 0 Å². The van der Waals surface area contributed by atoms with Crippen LogP contribution in [0.1, 0.15) is 43.9 Å². The van der Waals surface area contributed by atoms with Gasteiger partial charge < -0.3 is 14.4 Å². The quantitative estimate of drug-likeness (QED) is 0.352. The van der Waals surface area contributed by atoms with Crippen molar-refractivity contribution in [2.75, 3.05) is 40.8 Å². The van der Waals surface area contributed by atoms with Crippen LogP contribution < -0.4 is 4.74 Å². The van der Waals surface area contributed by atoms with Gasteiger partial charge in [0.1, 0.15) is 11.4 Å². The summed E-state index contributed by atoms with van der Waals surface area (Å²) in [7, 11) is 1.83. The minimum atomic E-state index is -3.66. The SMILES string of the molecule is Cc1ccc(S(=O)(=O)N(C)CCCN(C)C)cc1C#Cc1cc(Cl)ccc1OCC(=O)OC(C)(C)C. The van der Waals surface area contributed by atoms with E-state index in [9.17, 15) is 13.2 Å². The van der Waals surface area contributed by atoms with Gasteiger partial charge >= 0.3 is 5.97 Å². The van der Waals surface area contributed by atoms with Gasteiger partial charge in [-0.25, -0.2) is 17.5 Å². The van der Waals surface area contributed by atoms with Gasteiger partial charge in [-0.2, -0.15) is 0 Å². The summed E-state index contributed by atoms with van der Waals surface area (Å²) in [6, 6.07) is 9.81. The topological polar surface area (TPSA) is 76.2 Å². The molecule has 36 heavy (non-hydrogen) atoms. The number of nitrogens with zero attached hydrogens (tertiary/aromatic N) is 2. The summed E-state index contributed by atoms with van der Waals surface area (Å²) in [5, 5.41) is 0.455. The molecule has 0 aliphatic heterocycles. The van der Waals surface area contributed by atoms with Gasteiger partial charge in [0.2, 0.25) is 10.0 Å². The fourth-order valence-corrected chi connectivity index (χ4v) is 4.58. The first-order valence-corrected chi connectivity index (χ1v) is 13.4. The summed E-state index contributed by atoms with van der Waals surface area (Å²) in [6.45, 7) is 8.13. The molecule has 0 bridgehead atoms. The van der Waals surface area contributed by atoms with E-state index in [1.807, 2.05) is 25.9 Å². The maximum absolute atomic E-state index is 13.1. The van der Waals surface area contributed by atoms with Crippen LogP contribution in [0.25, 0.3) is 0 Å². The molecule has 7 nitrogen and oxygen atoms in total. The molecule has 0 aliphatic rings. The maximum atomic E-state index is 13.1. The lowest BCUT2D eigenvalue weighted by atomic mass is 10.1. The molecule has 0 saturated carbocycles. The van der Waals surface area contributed by atoms with Crippen molar-refractivity contribution in [1.29, 1.82) is 0 Å². The van der Waals surface area contributed by atoms with Crippen LogP contribution in [0.15, 0.2) is 41.3 Å². The third-order valence-corrected chi connectivity index (χ3v) is 7.12. The van der Waals surface area contributed by atoms with Crippen molar-refractivity contribution in [3.63, 3.8) is 0 Å². The number of sulfonamides is 1. The number of esters is 1. The summed E-state index contributed by atoms with van der Waals surface area (Å²) in [4.78, 5) is 14.2. The van der Waals surface area contributed by atoms with Crippen LogP contribution in [0.3, 0.4) is 0 Å². The Labute approximate surface area is 220 Å². The molecule has 2 aromatic rings. The summed E-state index contributed by atoms with van der Waals surface area (Å²) in [5.74, 6) is 5.92. The Morgan fingerprint density at radius 3 is 2.31 bits per heavy atom. The summed E-state index contributed by atoms with van der Waals surface area (Å²) < 4.78 is 38.4. The highest BCUT2D eigenvalue weighted by atomic mass is 35.5. The van der Waals surface area contributed by atoms with Gasteiger partial charge in [-0.1, -0.05) is 29.5 Å². The highest BCUT2D eigenvalue weighted by Crippen LogP contribution is 2.23. The van der Waals surface area contributed by atoms with Gasteiger partial charge in [-0.15, -0.1) is 0 Å². The van der Waals surface area contributed by atoms with Crippen LogP contribution in [0.4, 0.5) is 0 Å². The molecule has 0 saturated heterocycles. The molecule has 0 N–H and O–H groups in total. The number of carbonyl (C=O) groups excluding carboxylic acids is 1. The van der Waals surface area contributed by atoms with Crippen LogP contribution >= 0.6 is 11.6 Å². The predicted octanol–water partition coefficient (Wildman–Crippen LogP) is 4.34. The monoisotopic (exact) mass is 534 g/mol. The molecule has 2 rings (SSSR count). The van der Waals surface area contributed by atoms with Crippen LogP contribution in [-0.4, -0.2) is 70.0 Å². The molecule has 0 aromatic heterocycles. The van der Waals surface area contributed by atoms with Crippen molar-refractivity contribution < 1.29 is 22.7 Å². The Bertz CT molecular complexity index is 1240. The second-order valence-corrected chi connectivity index (χ2v) is 12.2. The Hall–Kier alpha value is -2.57. The van der Waals surface area contributed by atoms with Crippen LogP contribution in [0, 0.1) is 18.8 Å². The lowest BCUT2D eigenvalue weighted by molar-refractivity contribution is -0.157. The third-order valence-electron chi connectivity index (χ3n) is 5.03. The second kappa shape index (κ2) is 12.6. The lowest BCUT2D eigenvalue weighted by Crippen LogP contribution is -2.30. The molecule has 0 radical (unpaired) electrons. The first-order valence-electron chi connectivity index (χ1n) is 11.6. The van der Waals surface area contributed by atoms with Crippen molar-refractivity contribution >= 4 is 27.6 Å². The molecular weight excluding hydrogens is 500 g/mol. The van der Waals surface area contributed by atoms with Crippen LogP contribution in [0.5, 0.6) is 5.75 Å². The third kappa shape index (κ3) is 9.14. The second-order valence-electron chi connectivity index (χ2n) is 9.73. The van der Waals surface area contributed by atoms with E-state index in [1.165, 1.54) is 4.31 Å². The number of hydrogen-bond donors (Lipinski definition) is 0. The van der Waals surface area contributed by atoms with Crippen molar-refractivity contribution in [3.05, 3.63) is 58.1 Å². The average Bonchev–Trinajstić information content (AvgIpc) is 2.76. The zero-order valence-corrected chi connectivity index (χ0v) is 23.6. The molecule has 0 heterocycles. The Kier molecular flexibility index (Phi) is 10.4. The van der Waals surface area contributed by atoms with Crippen LogP contribution in [0.2, 0.25) is 5.02 Å². The zero-order valence-electron chi connectivity index (χ0n) is 22.0. The van der Waals surface area contributed by atoms with E-state index < -0.39 is 21.6 Å². The lowest BCUT2D eigenvalue weighted by Gasteiger charge is -2.19. The summed E-state index contributed by atoms with van der Waals surface area (Å²) >= 11 is 6.16. The number of ether oxygens (including phenoxy) is 2. The van der Waals surface area contributed by atoms with Gasteiger partial charge in [-0.3, -0.25) is 0 Å². The standard InChI is InChI=1S/C27H35ClN2O5S/c1-20-9-13-24(36(32,33)30(7)16-8-15-29(5)6)18-21(20)10-11-22-17-23(28)12-14-25(22)34-19-26(31)35-27(2,3)4/h9,12-14,17-18H,8,15-16,19H2,1-7H3. The van der Waals surface area contributed by atoms with E-state index in [0.29, 0.717) is 28.4 Å². The van der Waals surface area contributed by atoms with E-state index in [-0.39, 0.29) is 11.5 Å². The van der Waals surface area contributed by atoms with Crippen LogP contribution in [-0.2, 0) is 19.6 Å². The van der Waals surface area contributed by atoms with Gasteiger partial charge in [0, 0.05) is 24.2 Å². The number of aryl methyl sites for hydroxylation is 1. The van der Waals surface area contributed by atoms with Gasteiger partial charge in [0.05, 0.1) is 10.5 Å². The number of carbonyl (C=O) groups is 1. The predicted molar refractivity (Wildman–Crippen MR) is 143 cm³/mol. The van der Waals surface area contributed by atoms with Gasteiger partial charge in [0.15, 0.2) is 6.61 Å². The largest absolute Gasteiger partial charge is 0.481 e. The molecule has 0 fully saturated rings. The first kappa shape index (κ1) is 29.7. The molecule has 0 atom stereocenters. The van der Waals surface area contributed by atoms with E-state index in [2.05, 4.69) is 11.8 Å². The Morgan fingerprint density at radius 1 is 1.00 bits per heavy atom. The van der Waals surface area contributed by atoms with Crippen molar-refractivity contribution in [2.45, 2.75) is 44.6 Å². The number of hydrogen-bond acceptors (Lipinski definition) is 6. The Morgan fingerprint density at radius 2 is 1.67 bits per heavy atom. The minimum Gasteiger partial charge on any atom is -0.481 e.